The maximum atomic E-state index is 10.8. The molecule has 0 aromatic carbocycles. The van der Waals surface area contributed by atoms with Gasteiger partial charge in [0.25, 0.3) is 0 Å². The fourth-order valence-corrected chi connectivity index (χ4v) is 0.657. The van der Waals surface area contributed by atoms with Gasteiger partial charge in [0.05, 0.1) is 0 Å². The van der Waals surface area contributed by atoms with Crippen LogP contribution in [0.2, 0.25) is 0 Å². The van der Waals surface area contributed by atoms with Crippen LogP contribution in [0.1, 0.15) is 20.3 Å². The van der Waals surface area contributed by atoms with Crippen LogP contribution in [0, 0.1) is 0 Å². The summed E-state index contributed by atoms with van der Waals surface area (Å²) in [5, 5.41) is 0. The maximum Gasteiger partial charge on any atom is 0.249 e. The number of amides is 1. The minimum absolute atomic E-state index is 0.0451. The molecular formula is C9H15NO. The first-order chi connectivity index (χ1) is 5.30. The normalized spacial score (nSPS) is 15.5. The average molecular weight is 153 g/mol. The Morgan fingerprint density at radius 2 is 2.00 bits per heavy atom. The lowest BCUT2D eigenvalue weighted by molar-refractivity contribution is -0.122. The summed E-state index contributed by atoms with van der Waals surface area (Å²) in [4.78, 5) is 12.4. The van der Waals surface area contributed by atoms with Crippen LogP contribution in [0.4, 0.5) is 0 Å². The summed E-state index contributed by atoms with van der Waals surface area (Å²) in [5.74, 6) is 0.0451. The lowest BCUT2D eigenvalue weighted by atomic mass is 10.4. The molecule has 0 spiro atoms. The van der Waals surface area contributed by atoms with Crippen molar-refractivity contribution in [1.29, 1.82) is 0 Å². The molecule has 0 saturated carbocycles. The second-order valence-electron chi connectivity index (χ2n) is 1.97. The standard InChI is InChI=1S/C7H9NO.C2H6/c1-8-6-4-2-3-5-7(8)9;1-2/h3-6H,2H2,1H3;1-2H3. The zero-order chi connectivity index (χ0) is 8.69. The largest absolute Gasteiger partial charge is 0.319 e. The van der Waals surface area contributed by atoms with E-state index in [9.17, 15) is 4.79 Å². The average Bonchev–Trinajstić information content (AvgIpc) is 2.22. The highest BCUT2D eigenvalue weighted by Gasteiger charge is 2.00. The lowest BCUT2D eigenvalue weighted by Gasteiger charge is -2.05. The molecular weight excluding hydrogens is 138 g/mol. The Kier molecular flexibility index (Phi) is 5.17. The molecule has 0 aromatic rings. The number of carbonyl (C=O) groups is 1. The van der Waals surface area contributed by atoms with Crippen molar-refractivity contribution in [3.8, 4) is 0 Å². The SMILES string of the molecule is CC.CN1C=CCC=CC1=O. The van der Waals surface area contributed by atoms with Gasteiger partial charge in [-0.1, -0.05) is 26.0 Å². The van der Waals surface area contributed by atoms with Gasteiger partial charge in [-0.3, -0.25) is 4.79 Å². The van der Waals surface area contributed by atoms with E-state index in [4.69, 9.17) is 0 Å². The molecule has 2 heteroatoms. The Labute approximate surface area is 68.2 Å². The van der Waals surface area contributed by atoms with Crippen molar-refractivity contribution in [3.05, 3.63) is 24.4 Å². The smallest absolute Gasteiger partial charge is 0.249 e. The summed E-state index contributed by atoms with van der Waals surface area (Å²) < 4.78 is 0. The number of hydrogen-bond acceptors (Lipinski definition) is 1. The molecule has 0 saturated heterocycles. The number of hydrogen-bond donors (Lipinski definition) is 0. The molecule has 0 bridgehead atoms. The van der Waals surface area contributed by atoms with Crippen LogP contribution < -0.4 is 0 Å². The quantitative estimate of drug-likeness (QED) is 0.521. The summed E-state index contributed by atoms with van der Waals surface area (Å²) in [7, 11) is 1.74. The van der Waals surface area contributed by atoms with Crippen molar-refractivity contribution in [1.82, 2.24) is 4.90 Å². The Balaban J connectivity index is 0.000000461. The van der Waals surface area contributed by atoms with Gasteiger partial charge >= 0.3 is 0 Å². The van der Waals surface area contributed by atoms with Gasteiger partial charge in [0.15, 0.2) is 0 Å². The van der Waals surface area contributed by atoms with Crippen molar-refractivity contribution in [2.75, 3.05) is 7.05 Å². The Morgan fingerprint density at radius 3 is 2.64 bits per heavy atom. The van der Waals surface area contributed by atoms with E-state index in [0.29, 0.717) is 0 Å². The number of likely N-dealkylation sites (N-methyl/N-ethyl adjacent to an activating group) is 1. The van der Waals surface area contributed by atoms with Crippen LogP contribution in [0.3, 0.4) is 0 Å². The van der Waals surface area contributed by atoms with E-state index < -0.39 is 0 Å². The molecule has 2 nitrogen and oxygen atoms in total. The molecule has 1 amide bonds. The third-order valence-electron chi connectivity index (χ3n) is 1.21. The molecule has 11 heavy (non-hydrogen) atoms. The molecule has 0 aliphatic carbocycles. The van der Waals surface area contributed by atoms with E-state index in [1.807, 2.05) is 26.0 Å². The van der Waals surface area contributed by atoms with Crippen LogP contribution >= 0.6 is 0 Å². The third-order valence-corrected chi connectivity index (χ3v) is 1.21. The predicted octanol–water partition coefficient (Wildman–Crippen LogP) is 1.94. The summed E-state index contributed by atoms with van der Waals surface area (Å²) in [5.41, 5.74) is 0. The monoisotopic (exact) mass is 153 g/mol. The molecule has 62 valence electrons. The maximum absolute atomic E-state index is 10.8. The minimum Gasteiger partial charge on any atom is -0.319 e. The zero-order valence-corrected chi connectivity index (χ0v) is 7.37. The van der Waals surface area contributed by atoms with Crippen LogP contribution in [0.5, 0.6) is 0 Å². The molecule has 0 radical (unpaired) electrons. The molecule has 1 aliphatic rings. The number of rotatable bonds is 0. The van der Waals surface area contributed by atoms with E-state index in [2.05, 4.69) is 0 Å². The van der Waals surface area contributed by atoms with Crippen molar-refractivity contribution < 1.29 is 4.79 Å². The number of nitrogens with zero attached hydrogens (tertiary/aromatic N) is 1. The highest BCUT2D eigenvalue weighted by Crippen LogP contribution is 1.97. The van der Waals surface area contributed by atoms with E-state index in [1.165, 1.54) is 0 Å². The third kappa shape index (κ3) is 3.61. The molecule has 0 N–H and O–H groups in total. The van der Waals surface area contributed by atoms with Gasteiger partial charge in [0, 0.05) is 13.2 Å². The van der Waals surface area contributed by atoms with Gasteiger partial charge in [0.2, 0.25) is 5.91 Å². The Morgan fingerprint density at radius 1 is 1.36 bits per heavy atom. The van der Waals surface area contributed by atoms with E-state index in [1.54, 1.807) is 24.2 Å². The van der Waals surface area contributed by atoms with Crippen molar-refractivity contribution in [3.63, 3.8) is 0 Å². The lowest BCUT2D eigenvalue weighted by Crippen LogP contribution is -2.16. The van der Waals surface area contributed by atoms with E-state index in [0.717, 1.165) is 6.42 Å². The fraction of sp³-hybridized carbons (Fsp3) is 0.444. The summed E-state index contributed by atoms with van der Waals surface area (Å²) in [6.45, 7) is 4.00. The predicted molar refractivity (Wildman–Crippen MR) is 47.0 cm³/mol. The minimum atomic E-state index is 0.0451. The summed E-state index contributed by atoms with van der Waals surface area (Å²) in [6.07, 6.45) is 8.02. The summed E-state index contributed by atoms with van der Waals surface area (Å²) in [6, 6.07) is 0. The fourth-order valence-electron chi connectivity index (χ4n) is 0.657. The van der Waals surface area contributed by atoms with Gasteiger partial charge in [-0.15, -0.1) is 0 Å². The van der Waals surface area contributed by atoms with Gasteiger partial charge < -0.3 is 4.90 Å². The van der Waals surface area contributed by atoms with Crippen LogP contribution in [0.25, 0.3) is 0 Å². The molecule has 1 aliphatic heterocycles. The van der Waals surface area contributed by atoms with Crippen molar-refractivity contribution >= 4 is 5.91 Å². The van der Waals surface area contributed by atoms with Gasteiger partial charge in [-0.25, -0.2) is 0 Å². The molecule has 0 fully saturated rings. The van der Waals surface area contributed by atoms with E-state index >= 15 is 0 Å². The second kappa shape index (κ2) is 5.71. The van der Waals surface area contributed by atoms with Crippen LogP contribution in [0.15, 0.2) is 24.4 Å². The molecule has 0 aromatic heterocycles. The van der Waals surface area contributed by atoms with Crippen LogP contribution in [-0.4, -0.2) is 17.9 Å². The van der Waals surface area contributed by atoms with Gasteiger partial charge in [-0.2, -0.15) is 0 Å². The molecule has 0 unspecified atom stereocenters. The molecule has 1 rings (SSSR count). The summed E-state index contributed by atoms with van der Waals surface area (Å²) >= 11 is 0. The number of allylic oxidation sites excluding steroid dienone is 2. The first-order valence-corrected chi connectivity index (χ1v) is 3.90. The number of carbonyl (C=O) groups excluding carboxylic acids is 1. The Hall–Kier alpha value is -1.05. The van der Waals surface area contributed by atoms with Crippen molar-refractivity contribution in [2.24, 2.45) is 0 Å². The topological polar surface area (TPSA) is 20.3 Å². The first kappa shape index (κ1) is 9.95. The highest BCUT2D eigenvalue weighted by molar-refractivity contribution is 5.88. The molecule has 1 heterocycles. The molecule has 0 atom stereocenters. The highest BCUT2D eigenvalue weighted by atomic mass is 16.2. The van der Waals surface area contributed by atoms with Crippen LogP contribution in [-0.2, 0) is 4.79 Å². The first-order valence-electron chi connectivity index (χ1n) is 3.90. The second-order valence-corrected chi connectivity index (χ2v) is 1.97. The zero-order valence-electron chi connectivity index (χ0n) is 7.37. The van der Waals surface area contributed by atoms with E-state index in [-0.39, 0.29) is 5.91 Å². The van der Waals surface area contributed by atoms with Gasteiger partial charge in [-0.05, 0) is 12.5 Å². The van der Waals surface area contributed by atoms with Crippen molar-refractivity contribution in [2.45, 2.75) is 20.3 Å². The Bertz CT molecular complexity index is 170. The van der Waals surface area contributed by atoms with Gasteiger partial charge in [0.1, 0.15) is 0 Å².